The average Bonchev–Trinajstić information content (AvgIpc) is 2.91. The summed E-state index contributed by atoms with van der Waals surface area (Å²) in [6.07, 6.45) is 1.59. The largest absolute Gasteiger partial charge is 0.465 e. The number of piperazine rings is 1. The van der Waals surface area contributed by atoms with Crippen molar-refractivity contribution in [3.63, 3.8) is 0 Å². The molecule has 1 amide bonds. The van der Waals surface area contributed by atoms with Gasteiger partial charge in [-0.3, -0.25) is 9.48 Å². The Balaban J connectivity index is 1.77. The van der Waals surface area contributed by atoms with Gasteiger partial charge in [0.05, 0.1) is 6.20 Å². The van der Waals surface area contributed by atoms with Crippen LogP contribution in [0.25, 0.3) is 0 Å². The SMILES string of the molecule is CC(=O)OCc1cn(CC[C@@H]2CN(C(=O)O)CCN2)nn1. The molecule has 2 N–H and O–H groups in total. The molecule has 1 aromatic rings. The molecule has 116 valence electrons. The highest BCUT2D eigenvalue weighted by Gasteiger charge is 2.22. The summed E-state index contributed by atoms with van der Waals surface area (Å²) in [7, 11) is 0. The van der Waals surface area contributed by atoms with E-state index in [1.165, 1.54) is 11.8 Å². The van der Waals surface area contributed by atoms with Crippen LogP contribution in [0.1, 0.15) is 19.0 Å². The van der Waals surface area contributed by atoms with Gasteiger partial charge in [-0.1, -0.05) is 5.21 Å². The first-order valence-corrected chi connectivity index (χ1v) is 6.78. The summed E-state index contributed by atoms with van der Waals surface area (Å²) in [5.74, 6) is -0.357. The first-order valence-electron chi connectivity index (χ1n) is 6.78. The molecule has 0 aliphatic carbocycles. The van der Waals surface area contributed by atoms with Gasteiger partial charge in [-0.2, -0.15) is 0 Å². The van der Waals surface area contributed by atoms with Crippen LogP contribution in [0.15, 0.2) is 6.20 Å². The van der Waals surface area contributed by atoms with Crippen LogP contribution in [0, 0.1) is 0 Å². The third-order valence-corrected chi connectivity index (χ3v) is 3.24. The molecule has 0 unspecified atom stereocenters. The summed E-state index contributed by atoms with van der Waals surface area (Å²) in [5, 5.41) is 20.1. The number of nitrogens with one attached hydrogen (secondary N) is 1. The lowest BCUT2D eigenvalue weighted by Crippen LogP contribution is -2.52. The van der Waals surface area contributed by atoms with Crippen molar-refractivity contribution in [2.75, 3.05) is 19.6 Å². The Kier molecular flexibility index (Phi) is 5.09. The third kappa shape index (κ3) is 4.71. The highest BCUT2D eigenvalue weighted by Crippen LogP contribution is 2.05. The van der Waals surface area contributed by atoms with E-state index in [1.54, 1.807) is 10.9 Å². The molecule has 1 aliphatic heterocycles. The Morgan fingerprint density at radius 3 is 3.10 bits per heavy atom. The summed E-state index contributed by atoms with van der Waals surface area (Å²) >= 11 is 0. The molecule has 0 saturated carbocycles. The molecule has 1 aliphatic rings. The number of nitrogens with zero attached hydrogens (tertiary/aromatic N) is 4. The maximum Gasteiger partial charge on any atom is 0.407 e. The number of esters is 1. The predicted octanol–water partition coefficient (Wildman–Crippen LogP) is -0.317. The molecule has 1 atom stereocenters. The van der Waals surface area contributed by atoms with E-state index in [1.807, 2.05) is 0 Å². The molecule has 1 fully saturated rings. The minimum atomic E-state index is -0.883. The van der Waals surface area contributed by atoms with E-state index in [2.05, 4.69) is 15.6 Å². The van der Waals surface area contributed by atoms with E-state index in [-0.39, 0.29) is 18.6 Å². The molecule has 0 radical (unpaired) electrons. The van der Waals surface area contributed by atoms with Crippen LogP contribution in [0.2, 0.25) is 0 Å². The number of ether oxygens (including phenoxy) is 1. The molecule has 21 heavy (non-hydrogen) atoms. The van der Waals surface area contributed by atoms with Gasteiger partial charge in [0.2, 0.25) is 0 Å². The minimum absolute atomic E-state index is 0.107. The van der Waals surface area contributed by atoms with E-state index >= 15 is 0 Å². The van der Waals surface area contributed by atoms with E-state index in [0.717, 1.165) is 6.42 Å². The number of carbonyl (C=O) groups excluding carboxylic acids is 1. The van der Waals surface area contributed by atoms with Crippen molar-refractivity contribution in [2.45, 2.75) is 32.5 Å². The fourth-order valence-corrected chi connectivity index (χ4v) is 2.17. The van der Waals surface area contributed by atoms with Gasteiger partial charge in [0, 0.05) is 39.1 Å². The lowest BCUT2D eigenvalue weighted by molar-refractivity contribution is -0.142. The summed E-state index contributed by atoms with van der Waals surface area (Å²) in [6.45, 7) is 3.73. The predicted molar refractivity (Wildman–Crippen MR) is 71.5 cm³/mol. The standard InChI is InChI=1S/C12H19N5O4/c1-9(18)21-8-11-7-17(15-14-11)4-2-10-6-16(12(19)20)5-3-13-10/h7,10,13H,2-6,8H2,1H3,(H,19,20)/t10-/m1/s1. The molecule has 1 saturated heterocycles. The van der Waals surface area contributed by atoms with Crippen molar-refractivity contribution < 1.29 is 19.4 Å². The number of amides is 1. The third-order valence-electron chi connectivity index (χ3n) is 3.24. The average molecular weight is 297 g/mol. The molecule has 0 spiro atoms. The van der Waals surface area contributed by atoms with Crippen LogP contribution in [0.3, 0.4) is 0 Å². The second-order valence-electron chi connectivity index (χ2n) is 4.92. The van der Waals surface area contributed by atoms with Gasteiger partial charge in [0.15, 0.2) is 0 Å². The lowest BCUT2D eigenvalue weighted by Gasteiger charge is -2.31. The fourth-order valence-electron chi connectivity index (χ4n) is 2.17. The van der Waals surface area contributed by atoms with Crippen LogP contribution in [0.4, 0.5) is 4.79 Å². The van der Waals surface area contributed by atoms with Crippen LogP contribution in [0.5, 0.6) is 0 Å². The second-order valence-corrected chi connectivity index (χ2v) is 4.92. The Hall–Kier alpha value is -2.16. The monoisotopic (exact) mass is 297 g/mol. The number of hydrogen-bond donors (Lipinski definition) is 2. The molecular weight excluding hydrogens is 278 g/mol. The van der Waals surface area contributed by atoms with Crippen LogP contribution in [-0.2, 0) is 22.7 Å². The van der Waals surface area contributed by atoms with Gasteiger partial charge in [0.1, 0.15) is 12.3 Å². The molecule has 1 aromatic heterocycles. The zero-order valence-corrected chi connectivity index (χ0v) is 11.9. The summed E-state index contributed by atoms with van der Waals surface area (Å²) in [6, 6.07) is 0.107. The van der Waals surface area contributed by atoms with Gasteiger partial charge in [0.25, 0.3) is 0 Å². The topological polar surface area (TPSA) is 110 Å². The second kappa shape index (κ2) is 7.02. The van der Waals surface area contributed by atoms with Crippen LogP contribution >= 0.6 is 0 Å². The summed E-state index contributed by atoms with van der Waals surface area (Å²) < 4.78 is 6.50. The summed E-state index contributed by atoms with van der Waals surface area (Å²) in [4.78, 5) is 23.0. The summed E-state index contributed by atoms with van der Waals surface area (Å²) in [5.41, 5.74) is 0.592. The van der Waals surface area contributed by atoms with Crippen molar-refractivity contribution in [3.05, 3.63) is 11.9 Å². The maximum absolute atomic E-state index is 10.9. The van der Waals surface area contributed by atoms with Crippen molar-refractivity contribution in [3.8, 4) is 0 Å². The van der Waals surface area contributed by atoms with E-state index in [9.17, 15) is 9.59 Å². The number of aryl methyl sites for hydroxylation is 1. The quantitative estimate of drug-likeness (QED) is 0.717. The zero-order valence-electron chi connectivity index (χ0n) is 11.9. The Morgan fingerprint density at radius 2 is 2.38 bits per heavy atom. The van der Waals surface area contributed by atoms with Gasteiger partial charge in [-0.15, -0.1) is 5.10 Å². The van der Waals surface area contributed by atoms with Crippen LogP contribution < -0.4 is 5.32 Å². The number of carboxylic acid groups (broad SMARTS) is 1. The molecule has 2 rings (SSSR count). The molecule has 2 heterocycles. The number of rotatable bonds is 5. The smallest absolute Gasteiger partial charge is 0.407 e. The highest BCUT2D eigenvalue weighted by atomic mass is 16.5. The molecule has 9 heteroatoms. The Bertz CT molecular complexity index is 504. The number of aromatic nitrogens is 3. The lowest BCUT2D eigenvalue weighted by atomic mass is 10.1. The molecule has 0 aromatic carbocycles. The maximum atomic E-state index is 10.9. The van der Waals surface area contributed by atoms with E-state index in [4.69, 9.17) is 9.84 Å². The molecule has 0 bridgehead atoms. The number of carbonyl (C=O) groups is 2. The first-order chi connectivity index (χ1) is 10.0. The van der Waals surface area contributed by atoms with Crippen LogP contribution in [-0.4, -0.2) is 62.7 Å². The fraction of sp³-hybridized carbons (Fsp3) is 0.667. The van der Waals surface area contributed by atoms with Gasteiger partial charge in [-0.05, 0) is 6.42 Å². The van der Waals surface area contributed by atoms with Crippen molar-refractivity contribution >= 4 is 12.1 Å². The van der Waals surface area contributed by atoms with Crippen molar-refractivity contribution in [1.82, 2.24) is 25.2 Å². The van der Waals surface area contributed by atoms with E-state index < -0.39 is 6.09 Å². The number of hydrogen-bond acceptors (Lipinski definition) is 6. The minimum Gasteiger partial charge on any atom is -0.465 e. The Morgan fingerprint density at radius 1 is 1.57 bits per heavy atom. The first kappa shape index (κ1) is 15.2. The van der Waals surface area contributed by atoms with Gasteiger partial charge in [-0.25, -0.2) is 4.79 Å². The normalized spacial score (nSPS) is 18.5. The van der Waals surface area contributed by atoms with Gasteiger partial charge >= 0.3 is 12.1 Å². The van der Waals surface area contributed by atoms with Crippen molar-refractivity contribution in [1.29, 1.82) is 0 Å². The Labute approximate surface area is 121 Å². The van der Waals surface area contributed by atoms with E-state index in [0.29, 0.717) is 31.9 Å². The highest BCUT2D eigenvalue weighted by molar-refractivity contribution is 5.65. The van der Waals surface area contributed by atoms with Gasteiger partial charge < -0.3 is 20.1 Å². The molecular formula is C12H19N5O4. The zero-order chi connectivity index (χ0) is 15.2. The molecule has 9 nitrogen and oxygen atoms in total. The van der Waals surface area contributed by atoms with Crippen molar-refractivity contribution in [2.24, 2.45) is 0 Å².